The van der Waals surface area contributed by atoms with Crippen molar-refractivity contribution in [3.05, 3.63) is 92.1 Å². The summed E-state index contributed by atoms with van der Waals surface area (Å²) in [4.78, 5) is 31.0. The first-order valence-corrected chi connectivity index (χ1v) is 11.0. The Balaban J connectivity index is 1.15. The number of fused-ring (bicyclic) bond motifs is 3. The van der Waals surface area contributed by atoms with Gasteiger partial charge in [0.05, 0.1) is 0 Å². The molecule has 7 nitrogen and oxygen atoms in total. The number of aryl methyl sites for hydroxylation is 2. The van der Waals surface area contributed by atoms with E-state index in [1.807, 2.05) is 0 Å². The third-order valence-corrected chi connectivity index (χ3v) is 6.34. The summed E-state index contributed by atoms with van der Waals surface area (Å²) in [6.07, 6.45) is 6.83. The third-order valence-electron chi connectivity index (χ3n) is 6.34. The maximum Gasteiger partial charge on any atom is 0.328 e. The smallest absolute Gasteiger partial charge is 0.328 e. The molecule has 0 unspecified atom stereocenters. The van der Waals surface area contributed by atoms with Crippen LogP contribution in [0.25, 0.3) is 22.5 Å². The highest BCUT2D eigenvalue weighted by atomic mass is 16.5. The van der Waals surface area contributed by atoms with Gasteiger partial charge in [0.2, 0.25) is 11.7 Å². The molecule has 7 heteroatoms. The van der Waals surface area contributed by atoms with Gasteiger partial charge >= 0.3 is 5.69 Å². The third kappa shape index (κ3) is 3.39. The minimum Gasteiger partial charge on any atom is -0.339 e. The molecule has 2 aliphatic rings. The van der Waals surface area contributed by atoms with Gasteiger partial charge in [-0.25, -0.2) is 4.79 Å². The fourth-order valence-electron chi connectivity index (χ4n) is 4.50. The summed E-state index contributed by atoms with van der Waals surface area (Å²) >= 11 is 0. The van der Waals surface area contributed by atoms with Crippen molar-refractivity contribution in [3.63, 3.8) is 0 Å². The van der Waals surface area contributed by atoms with Gasteiger partial charge in [-0.1, -0.05) is 47.6 Å². The zero-order valence-corrected chi connectivity index (χ0v) is 17.5. The van der Waals surface area contributed by atoms with E-state index in [2.05, 4.69) is 57.6 Å². The zero-order chi connectivity index (χ0) is 21.7. The first-order chi connectivity index (χ1) is 15.7. The van der Waals surface area contributed by atoms with E-state index >= 15 is 0 Å². The summed E-state index contributed by atoms with van der Waals surface area (Å²) in [7, 11) is 0. The highest BCUT2D eigenvalue weighted by Crippen LogP contribution is 2.37. The zero-order valence-electron chi connectivity index (χ0n) is 17.5. The number of H-pyrrole nitrogens is 1. The predicted octanol–water partition coefficient (Wildman–Crippen LogP) is 3.67. The normalized spacial score (nSPS) is 14.4. The number of rotatable bonds is 6. The van der Waals surface area contributed by atoms with Crippen LogP contribution in [0.3, 0.4) is 0 Å². The standard InChI is InChI=1S/C25H22N4O3/c30-24-21(14-29(18-10-11-18)25(31)27-24)23-26-22(32-28-23)7-3-4-15-8-9-17-13-16-5-1-2-6-19(16)20(17)12-15/h1-2,5-6,8-9,12,14,18H,3-4,7,10-11,13H2,(H,27,30,31). The molecule has 32 heavy (non-hydrogen) atoms. The SMILES string of the molecule is O=c1[nH]c(=O)n(C2CC2)cc1-c1noc(CCCc2ccc3c(c2)-c2ccccc2C3)n1. The topological polar surface area (TPSA) is 93.8 Å². The van der Waals surface area contributed by atoms with Crippen LogP contribution in [0.4, 0.5) is 0 Å². The second-order valence-corrected chi connectivity index (χ2v) is 8.63. The lowest BCUT2D eigenvalue weighted by Crippen LogP contribution is -2.30. The van der Waals surface area contributed by atoms with Gasteiger partial charge in [0.1, 0.15) is 5.56 Å². The Hall–Kier alpha value is -3.74. The van der Waals surface area contributed by atoms with Crippen molar-refractivity contribution in [2.75, 3.05) is 0 Å². The van der Waals surface area contributed by atoms with E-state index in [0.29, 0.717) is 12.3 Å². The molecule has 2 aromatic carbocycles. The molecule has 6 rings (SSSR count). The van der Waals surface area contributed by atoms with Crippen molar-refractivity contribution in [3.8, 4) is 22.5 Å². The molecule has 1 saturated carbocycles. The average molecular weight is 426 g/mol. The maximum atomic E-state index is 12.2. The second-order valence-electron chi connectivity index (χ2n) is 8.63. The van der Waals surface area contributed by atoms with Crippen molar-refractivity contribution in [2.45, 2.75) is 44.6 Å². The average Bonchev–Trinajstić information content (AvgIpc) is 3.41. The van der Waals surface area contributed by atoms with Crippen LogP contribution in [0.15, 0.2) is 62.8 Å². The molecule has 0 atom stereocenters. The molecule has 4 aromatic rings. The van der Waals surface area contributed by atoms with Crippen molar-refractivity contribution < 1.29 is 4.52 Å². The van der Waals surface area contributed by atoms with Crippen LogP contribution >= 0.6 is 0 Å². The van der Waals surface area contributed by atoms with Gasteiger partial charge < -0.3 is 4.52 Å². The predicted molar refractivity (Wildman–Crippen MR) is 120 cm³/mol. The van der Waals surface area contributed by atoms with Crippen molar-refractivity contribution >= 4 is 0 Å². The van der Waals surface area contributed by atoms with Crippen LogP contribution in [-0.2, 0) is 19.3 Å². The summed E-state index contributed by atoms with van der Waals surface area (Å²) in [5.41, 5.74) is 6.12. The van der Waals surface area contributed by atoms with Crippen molar-refractivity contribution in [1.29, 1.82) is 0 Å². The molecule has 0 amide bonds. The number of hydrogen-bond donors (Lipinski definition) is 1. The molecule has 0 bridgehead atoms. The highest BCUT2D eigenvalue weighted by Gasteiger charge is 2.26. The summed E-state index contributed by atoms with van der Waals surface area (Å²) in [6, 6.07) is 15.5. The number of aromatic nitrogens is 4. The molecule has 2 aliphatic carbocycles. The molecule has 2 aromatic heterocycles. The Morgan fingerprint density at radius 3 is 2.72 bits per heavy atom. The molecule has 160 valence electrons. The molecule has 0 aliphatic heterocycles. The molecule has 0 radical (unpaired) electrons. The Labute approximate surface area is 183 Å². The van der Waals surface area contributed by atoms with Crippen LogP contribution in [-0.4, -0.2) is 19.7 Å². The molecule has 1 N–H and O–H groups in total. The Morgan fingerprint density at radius 1 is 1.00 bits per heavy atom. The lowest BCUT2D eigenvalue weighted by molar-refractivity contribution is 0.376. The van der Waals surface area contributed by atoms with E-state index in [4.69, 9.17) is 4.52 Å². The molecule has 2 heterocycles. The van der Waals surface area contributed by atoms with Crippen molar-refractivity contribution in [1.82, 2.24) is 19.7 Å². The largest absolute Gasteiger partial charge is 0.339 e. The van der Waals surface area contributed by atoms with E-state index in [1.54, 1.807) is 10.8 Å². The Kier molecular flexibility index (Phi) is 4.41. The van der Waals surface area contributed by atoms with Gasteiger partial charge in [0.15, 0.2) is 0 Å². The van der Waals surface area contributed by atoms with Crippen LogP contribution in [0.2, 0.25) is 0 Å². The number of benzene rings is 2. The van der Waals surface area contributed by atoms with E-state index in [9.17, 15) is 9.59 Å². The second kappa shape index (κ2) is 7.44. The summed E-state index contributed by atoms with van der Waals surface area (Å²) < 4.78 is 6.93. The molecule has 1 fully saturated rings. The van der Waals surface area contributed by atoms with Gasteiger partial charge in [-0.15, -0.1) is 0 Å². The number of nitrogens with one attached hydrogen (secondary N) is 1. The molecule has 0 spiro atoms. The van der Waals surface area contributed by atoms with Gasteiger partial charge in [-0.05, 0) is 59.9 Å². The highest BCUT2D eigenvalue weighted by molar-refractivity contribution is 5.77. The summed E-state index contributed by atoms with van der Waals surface area (Å²) in [5.74, 6) is 0.722. The number of nitrogens with zero attached hydrogens (tertiary/aromatic N) is 3. The monoisotopic (exact) mass is 426 g/mol. The van der Waals surface area contributed by atoms with Crippen LogP contribution in [0, 0.1) is 0 Å². The molecular formula is C25H22N4O3. The summed E-state index contributed by atoms with van der Waals surface area (Å²) in [5, 5.41) is 3.97. The van der Waals surface area contributed by atoms with Gasteiger partial charge in [0, 0.05) is 18.7 Å². The van der Waals surface area contributed by atoms with Gasteiger partial charge in [0.25, 0.3) is 5.56 Å². The Bertz CT molecular complexity index is 1440. The quantitative estimate of drug-likeness (QED) is 0.447. The molecular weight excluding hydrogens is 404 g/mol. The number of hydrogen-bond acceptors (Lipinski definition) is 5. The summed E-state index contributed by atoms with van der Waals surface area (Å²) in [6.45, 7) is 0. The first-order valence-electron chi connectivity index (χ1n) is 11.0. The maximum absolute atomic E-state index is 12.2. The van der Waals surface area contributed by atoms with Gasteiger partial charge in [-0.3, -0.25) is 14.3 Å². The lowest BCUT2D eigenvalue weighted by Gasteiger charge is -2.05. The van der Waals surface area contributed by atoms with E-state index in [-0.39, 0.29) is 23.1 Å². The van der Waals surface area contributed by atoms with Crippen molar-refractivity contribution in [2.24, 2.45) is 0 Å². The minimum atomic E-state index is -0.488. The van der Waals surface area contributed by atoms with Crippen LogP contribution in [0.1, 0.15) is 47.9 Å². The fraction of sp³-hybridized carbons (Fsp3) is 0.280. The van der Waals surface area contributed by atoms with E-state index in [1.165, 1.54) is 27.8 Å². The lowest BCUT2D eigenvalue weighted by atomic mass is 10.00. The van der Waals surface area contributed by atoms with E-state index < -0.39 is 5.56 Å². The van der Waals surface area contributed by atoms with Gasteiger partial charge in [-0.2, -0.15) is 4.98 Å². The minimum absolute atomic E-state index is 0.156. The van der Waals surface area contributed by atoms with Crippen LogP contribution in [0.5, 0.6) is 0 Å². The number of aromatic amines is 1. The molecule has 0 saturated heterocycles. The van der Waals surface area contributed by atoms with E-state index in [0.717, 1.165) is 32.1 Å². The van der Waals surface area contributed by atoms with Crippen LogP contribution < -0.4 is 11.2 Å². The fourth-order valence-corrected chi connectivity index (χ4v) is 4.50. The first kappa shape index (κ1) is 19.0. The Morgan fingerprint density at radius 2 is 1.84 bits per heavy atom.